The molecule has 0 saturated carbocycles. The number of hydrogen-bond acceptors (Lipinski definition) is 4. The zero-order valence-electron chi connectivity index (χ0n) is 11.8. The second-order valence-corrected chi connectivity index (χ2v) is 4.80. The van der Waals surface area contributed by atoms with Gasteiger partial charge in [0.05, 0.1) is 0 Å². The summed E-state index contributed by atoms with van der Waals surface area (Å²) in [5, 5.41) is 6.73. The first kappa shape index (κ1) is 13.7. The van der Waals surface area contributed by atoms with Crippen molar-refractivity contribution in [2.75, 3.05) is 17.2 Å². The average Bonchev–Trinajstić information content (AvgIpc) is 2.24. The molecule has 96 valence electrons. The van der Waals surface area contributed by atoms with Crippen molar-refractivity contribution in [3.63, 3.8) is 0 Å². The van der Waals surface area contributed by atoms with Crippen LogP contribution in [-0.2, 0) is 0 Å². The van der Waals surface area contributed by atoms with E-state index >= 15 is 0 Å². The quantitative estimate of drug-likeness (QED) is 0.825. The molecule has 0 amide bonds. The fourth-order valence-electron chi connectivity index (χ4n) is 1.49. The van der Waals surface area contributed by atoms with E-state index in [0.29, 0.717) is 12.0 Å². The molecular weight excluding hydrogens is 212 g/mol. The van der Waals surface area contributed by atoms with E-state index in [9.17, 15) is 0 Å². The van der Waals surface area contributed by atoms with E-state index in [4.69, 9.17) is 0 Å². The number of nitrogens with one attached hydrogen (secondary N) is 2. The van der Waals surface area contributed by atoms with Crippen molar-refractivity contribution in [3.05, 3.63) is 11.4 Å². The highest BCUT2D eigenvalue weighted by Gasteiger charge is 2.12. The first-order valence-electron chi connectivity index (χ1n) is 6.31. The lowest BCUT2D eigenvalue weighted by molar-refractivity contribution is 0.557. The molecule has 0 aliphatic carbocycles. The van der Waals surface area contributed by atoms with Gasteiger partial charge in [0.1, 0.15) is 17.5 Å². The smallest absolute Gasteiger partial charge is 0.134 e. The third-order valence-corrected chi connectivity index (χ3v) is 2.97. The summed E-state index contributed by atoms with van der Waals surface area (Å²) < 4.78 is 0. The normalized spacial score (nSPS) is 12.6. The summed E-state index contributed by atoms with van der Waals surface area (Å²) in [6.45, 7) is 13.5. The van der Waals surface area contributed by atoms with E-state index in [-0.39, 0.29) is 0 Å². The van der Waals surface area contributed by atoms with Gasteiger partial charge in [0.15, 0.2) is 0 Å². The molecule has 1 heterocycles. The predicted octanol–water partition coefficient (Wildman–Crippen LogP) is 2.98. The van der Waals surface area contributed by atoms with Crippen LogP contribution in [0.5, 0.6) is 0 Å². The molecule has 0 fully saturated rings. The van der Waals surface area contributed by atoms with E-state index in [0.717, 1.165) is 29.6 Å². The molecule has 0 spiro atoms. The van der Waals surface area contributed by atoms with Gasteiger partial charge < -0.3 is 10.6 Å². The van der Waals surface area contributed by atoms with Crippen molar-refractivity contribution in [2.45, 2.75) is 47.6 Å². The number of aryl methyl sites for hydroxylation is 1. The Labute approximate surface area is 104 Å². The van der Waals surface area contributed by atoms with E-state index in [1.54, 1.807) is 0 Å². The van der Waals surface area contributed by atoms with Gasteiger partial charge in [-0.25, -0.2) is 9.97 Å². The molecule has 0 aromatic carbocycles. The third-order valence-electron chi connectivity index (χ3n) is 2.97. The standard InChI is InChI=1S/C13H24N4/c1-7-14-12-9(4)13(17-11(6)16-12)15-10(5)8(2)3/h8,10H,7H2,1-6H3,(H2,14,15,16,17). The molecule has 0 aliphatic rings. The van der Waals surface area contributed by atoms with Crippen molar-refractivity contribution >= 4 is 11.6 Å². The highest BCUT2D eigenvalue weighted by atomic mass is 15.1. The summed E-state index contributed by atoms with van der Waals surface area (Å²) in [6.07, 6.45) is 0. The van der Waals surface area contributed by atoms with E-state index in [1.165, 1.54) is 0 Å². The first-order chi connectivity index (χ1) is 7.95. The van der Waals surface area contributed by atoms with Crippen molar-refractivity contribution < 1.29 is 0 Å². The molecule has 2 N–H and O–H groups in total. The molecule has 4 heteroatoms. The molecule has 4 nitrogen and oxygen atoms in total. The second kappa shape index (κ2) is 5.84. The fourth-order valence-corrected chi connectivity index (χ4v) is 1.49. The van der Waals surface area contributed by atoms with Crippen molar-refractivity contribution in [1.82, 2.24) is 9.97 Å². The van der Waals surface area contributed by atoms with Crippen LogP contribution in [0.4, 0.5) is 11.6 Å². The van der Waals surface area contributed by atoms with Gasteiger partial charge in [0.2, 0.25) is 0 Å². The predicted molar refractivity (Wildman–Crippen MR) is 73.6 cm³/mol. The highest BCUT2D eigenvalue weighted by molar-refractivity contribution is 5.57. The lowest BCUT2D eigenvalue weighted by Gasteiger charge is -2.20. The summed E-state index contributed by atoms with van der Waals surface area (Å²) in [5.74, 6) is 3.24. The molecule has 1 rings (SSSR count). The first-order valence-corrected chi connectivity index (χ1v) is 6.31. The number of anilines is 2. The molecule has 17 heavy (non-hydrogen) atoms. The Morgan fingerprint density at radius 3 is 2.18 bits per heavy atom. The van der Waals surface area contributed by atoms with Crippen LogP contribution >= 0.6 is 0 Å². The Bertz CT molecular complexity index is 374. The molecule has 0 saturated heterocycles. The van der Waals surface area contributed by atoms with Crippen molar-refractivity contribution in [2.24, 2.45) is 5.92 Å². The van der Waals surface area contributed by atoms with Crippen LogP contribution in [0.25, 0.3) is 0 Å². The van der Waals surface area contributed by atoms with Gasteiger partial charge in [-0.05, 0) is 33.6 Å². The minimum absolute atomic E-state index is 0.400. The van der Waals surface area contributed by atoms with E-state index < -0.39 is 0 Å². The maximum absolute atomic E-state index is 4.48. The Kier molecular flexibility index (Phi) is 4.73. The summed E-state index contributed by atoms with van der Waals surface area (Å²) in [5.41, 5.74) is 1.09. The maximum Gasteiger partial charge on any atom is 0.134 e. The largest absolute Gasteiger partial charge is 0.370 e. The van der Waals surface area contributed by atoms with Crippen LogP contribution < -0.4 is 10.6 Å². The molecule has 0 radical (unpaired) electrons. The number of nitrogens with zero attached hydrogens (tertiary/aromatic N) is 2. The summed E-state index contributed by atoms with van der Waals surface area (Å²) >= 11 is 0. The van der Waals surface area contributed by atoms with Gasteiger partial charge in [-0.2, -0.15) is 0 Å². The molecule has 0 aliphatic heterocycles. The molecule has 1 unspecified atom stereocenters. The highest BCUT2D eigenvalue weighted by Crippen LogP contribution is 2.21. The van der Waals surface area contributed by atoms with Crippen LogP contribution in [0.2, 0.25) is 0 Å². The summed E-state index contributed by atoms with van der Waals surface area (Å²) in [4.78, 5) is 8.89. The van der Waals surface area contributed by atoms with Gasteiger partial charge >= 0.3 is 0 Å². The summed E-state index contributed by atoms with van der Waals surface area (Å²) in [7, 11) is 0. The lowest BCUT2D eigenvalue weighted by Crippen LogP contribution is -2.23. The SMILES string of the molecule is CCNc1nc(C)nc(NC(C)C(C)C)c1C. The number of aromatic nitrogens is 2. The molecule has 1 atom stereocenters. The van der Waals surface area contributed by atoms with Crippen LogP contribution in [0.1, 0.15) is 39.1 Å². The van der Waals surface area contributed by atoms with Gasteiger partial charge in [-0.15, -0.1) is 0 Å². The average molecular weight is 236 g/mol. The Balaban J connectivity index is 2.98. The Morgan fingerprint density at radius 2 is 1.65 bits per heavy atom. The topological polar surface area (TPSA) is 49.8 Å². The van der Waals surface area contributed by atoms with Crippen LogP contribution in [0, 0.1) is 19.8 Å². The van der Waals surface area contributed by atoms with Crippen molar-refractivity contribution in [3.8, 4) is 0 Å². The Hall–Kier alpha value is -1.32. The lowest BCUT2D eigenvalue weighted by atomic mass is 10.1. The van der Waals surface area contributed by atoms with E-state index in [2.05, 4.69) is 48.3 Å². The van der Waals surface area contributed by atoms with Crippen LogP contribution in [0.15, 0.2) is 0 Å². The zero-order chi connectivity index (χ0) is 13.0. The molecule has 1 aromatic heterocycles. The molecular formula is C13H24N4. The molecule has 1 aromatic rings. The molecule has 0 bridgehead atoms. The van der Waals surface area contributed by atoms with E-state index in [1.807, 2.05) is 13.8 Å². The number of hydrogen-bond donors (Lipinski definition) is 2. The maximum atomic E-state index is 4.48. The monoisotopic (exact) mass is 236 g/mol. The second-order valence-electron chi connectivity index (χ2n) is 4.80. The Morgan fingerprint density at radius 1 is 1.06 bits per heavy atom. The van der Waals surface area contributed by atoms with Gasteiger partial charge in [0, 0.05) is 18.2 Å². The zero-order valence-corrected chi connectivity index (χ0v) is 11.8. The minimum atomic E-state index is 0.400. The van der Waals surface area contributed by atoms with Crippen LogP contribution in [0.3, 0.4) is 0 Å². The minimum Gasteiger partial charge on any atom is -0.370 e. The number of rotatable bonds is 5. The third kappa shape index (κ3) is 3.58. The van der Waals surface area contributed by atoms with Crippen molar-refractivity contribution in [1.29, 1.82) is 0 Å². The van der Waals surface area contributed by atoms with Gasteiger partial charge in [-0.3, -0.25) is 0 Å². The van der Waals surface area contributed by atoms with Crippen LogP contribution in [-0.4, -0.2) is 22.6 Å². The summed E-state index contributed by atoms with van der Waals surface area (Å²) in [6, 6.07) is 0.400. The van der Waals surface area contributed by atoms with Gasteiger partial charge in [0.25, 0.3) is 0 Å². The fraction of sp³-hybridized carbons (Fsp3) is 0.692. The van der Waals surface area contributed by atoms with Gasteiger partial charge in [-0.1, -0.05) is 13.8 Å².